The molecule has 0 fully saturated rings. The monoisotopic (exact) mass is 663 g/mol. The maximum absolute atomic E-state index is 2.43. The highest BCUT2D eigenvalue weighted by Gasteiger charge is 2.18. The SMILES string of the molecule is Cc1ccc(-n2c3ccccc3c3cc(-c4ccc5c(c4)c4ccccc4n5-c4ccc5c(c4)c4ccccc4n5-c4ccccc4)ccc32)cc1. The van der Waals surface area contributed by atoms with E-state index >= 15 is 0 Å². The summed E-state index contributed by atoms with van der Waals surface area (Å²) in [5.74, 6) is 0. The Morgan fingerprint density at radius 3 is 1.15 bits per heavy atom. The number of hydrogen-bond donors (Lipinski definition) is 0. The topological polar surface area (TPSA) is 14.8 Å². The van der Waals surface area contributed by atoms with Crippen LogP contribution in [0.5, 0.6) is 0 Å². The third-order valence-corrected chi connectivity index (χ3v) is 10.9. The van der Waals surface area contributed by atoms with Gasteiger partial charge in [-0.25, -0.2) is 0 Å². The Labute approximate surface area is 300 Å². The smallest absolute Gasteiger partial charge is 0.0542 e. The van der Waals surface area contributed by atoms with Crippen LogP contribution in [0.3, 0.4) is 0 Å². The van der Waals surface area contributed by atoms with Gasteiger partial charge in [-0.1, -0.05) is 103 Å². The highest BCUT2D eigenvalue weighted by molar-refractivity contribution is 6.14. The molecule has 0 aliphatic rings. The van der Waals surface area contributed by atoms with Crippen molar-refractivity contribution in [3.63, 3.8) is 0 Å². The molecule has 0 bridgehead atoms. The van der Waals surface area contributed by atoms with E-state index in [1.54, 1.807) is 0 Å². The van der Waals surface area contributed by atoms with Gasteiger partial charge in [0, 0.05) is 49.4 Å². The molecule has 244 valence electrons. The van der Waals surface area contributed by atoms with Crippen molar-refractivity contribution in [2.24, 2.45) is 0 Å². The molecule has 11 rings (SSSR count). The molecule has 0 amide bonds. The standard InChI is InChI=1S/C49H33N3/c1-32-19-23-36(24-20-32)51-44-16-8-5-13-38(44)41-29-33(21-26-47(41)51)34-22-27-48-42(30-34)39-14-6-10-18-46(39)52(48)37-25-28-49-43(31-37)40-15-7-9-17-45(40)50(49)35-11-3-2-4-12-35/h2-31H,1H3. The van der Waals surface area contributed by atoms with Crippen molar-refractivity contribution in [2.75, 3.05) is 0 Å². The molecule has 0 unspecified atom stereocenters. The quantitative estimate of drug-likeness (QED) is 0.178. The van der Waals surface area contributed by atoms with Crippen LogP contribution in [0, 0.1) is 6.92 Å². The molecule has 3 heterocycles. The Hall–Kier alpha value is -6.84. The van der Waals surface area contributed by atoms with Gasteiger partial charge in [-0.2, -0.15) is 0 Å². The van der Waals surface area contributed by atoms with E-state index in [0.29, 0.717) is 0 Å². The maximum Gasteiger partial charge on any atom is 0.0542 e. The van der Waals surface area contributed by atoms with E-state index in [-0.39, 0.29) is 0 Å². The maximum atomic E-state index is 2.43. The predicted octanol–water partition coefficient (Wildman–Crippen LogP) is 13.0. The van der Waals surface area contributed by atoms with Crippen molar-refractivity contribution in [3.8, 4) is 28.2 Å². The van der Waals surface area contributed by atoms with Gasteiger partial charge in [-0.05, 0) is 103 Å². The number of hydrogen-bond acceptors (Lipinski definition) is 0. The highest BCUT2D eigenvalue weighted by atomic mass is 15.0. The van der Waals surface area contributed by atoms with Crippen molar-refractivity contribution >= 4 is 65.4 Å². The molecule has 0 radical (unpaired) electrons. The third-order valence-electron chi connectivity index (χ3n) is 10.9. The first-order chi connectivity index (χ1) is 25.7. The average Bonchev–Trinajstić information content (AvgIpc) is 3.83. The number of aromatic nitrogens is 3. The van der Waals surface area contributed by atoms with Crippen molar-refractivity contribution < 1.29 is 0 Å². The summed E-state index contributed by atoms with van der Waals surface area (Å²) in [6, 6.07) is 66.7. The Bertz CT molecular complexity index is 3170. The van der Waals surface area contributed by atoms with Crippen LogP contribution in [0.15, 0.2) is 182 Å². The molecule has 0 aliphatic heterocycles. The van der Waals surface area contributed by atoms with Gasteiger partial charge in [-0.15, -0.1) is 0 Å². The van der Waals surface area contributed by atoms with Gasteiger partial charge in [-0.3, -0.25) is 0 Å². The molecule has 0 saturated carbocycles. The first kappa shape index (κ1) is 28.9. The van der Waals surface area contributed by atoms with Crippen LogP contribution in [0.25, 0.3) is 93.6 Å². The summed E-state index contributed by atoms with van der Waals surface area (Å²) >= 11 is 0. The zero-order valence-corrected chi connectivity index (χ0v) is 28.7. The summed E-state index contributed by atoms with van der Waals surface area (Å²) in [7, 11) is 0. The van der Waals surface area contributed by atoms with Gasteiger partial charge in [0.15, 0.2) is 0 Å². The molecule has 3 aromatic heterocycles. The third kappa shape index (κ3) is 4.20. The molecule has 0 aliphatic carbocycles. The minimum atomic E-state index is 1.16. The van der Waals surface area contributed by atoms with Crippen LogP contribution in [0.4, 0.5) is 0 Å². The van der Waals surface area contributed by atoms with E-state index in [2.05, 4.69) is 203 Å². The fraction of sp³-hybridized carbons (Fsp3) is 0.0204. The molecule has 0 atom stereocenters. The molecule has 3 heteroatoms. The number of para-hydroxylation sites is 4. The van der Waals surface area contributed by atoms with Crippen LogP contribution >= 0.6 is 0 Å². The summed E-state index contributed by atoms with van der Waals surface area (Å²) in [6.45, 7) is 2.14. The van der Waals surface area contributed by atoms with Crippen LogP contribution in [-0.2, 0) is 0 Å². The van der Waals surface area contributed by atoms with Gasteiger partial charge in [0.25, 0.3) is 0 Å². The summed E-state index contributed by atoms with van der Waals surface area (Å²) in [5, 5.41) is 7.54. The van der Waals surface area contributed by atoms with Gasteiger partial charge < -0.3 is 13.7 Å². The predicted molar refractivity (Wildman–Crippen MR) is 220 cm³/mol. The minimum Gasteiger partial charge on any atom is -0.309 e. The van der Waals surface area contributed by atoms with Crippen molar-refractivity contribution in [2.45, 2.75) is 6.92 Å². The second kappa shape index (κ2) is 11.1. The summed E-state index contributed by atoms with van der Waals surface area (Å²) in [5.41, 5.74) is 14.5. The van der Waals surface area contributed by atoms with Crippen LogP contribution < -0.4 is 0 Å². The van der Waals surface area contributed by atoms with Crippen LogP contribution in [0.1, 0.15) is 5.56 Å². The number of rotatable bonds is 4. The van der Waals surface area contributed by atoms with Crippen molar-refractivity contribution in [3.05, 3.63) is 188 Å². The zero-order valence-electron chi connectivity index (χ0n) is 28.7. The molecule has 8 aromatic carbocycles. The molecular formula is C49H33N3. The first-order valence-electron chi connectivity index (χ1n) is 17.9. The molecule has 52 heavy (non-hydrogen) atoms. The molecule has 0 saturated heterocycles. The summed E-state index contributed by atoms with van der Waals surface area (Å²) in [4.78, 5) is 0. The zero-order chi connectivity index (χ0) is 34.3. The lowest BCUT2D eigenvalue weighted by atomic mass is 10.0. The highest BCUT2D eigenvalue weighted by Crippen LogP contribution is 2.40. The summed E-state index contributed by atoms with van der Waals surface area (Å²) in [6.07, 6.45) is 0. The van der Waals surface area contributed by atoms with Gasteiger partial charge in [0.2, 0.25) is 0 Å². The Balaban J connectivity index is 1.09. The second-order valence-electron chi connectivity index (χ2n) is 13.9. The normalized spacial score (nSPS) is 11.9. The van der Waals surface area contributed by atoms with E-state index in [1.165, 1.54) is 93.5 Å². The van der Waals surface area contributed by atoms with E-state index < -0.39 is 0 Å². The largest absolute Gasteiger partial charge is 0.309 e. The van der Waals surface area contributed by atoms with Gasteiger partial charge >= 0.3 is 0 Å². The van der Waals surface area contributed by atoms with Crippen molar-refractivity contribution in [1.29, 1.82) is 0 Å². The molecule has 0 spiro atoms. The van der Waals surface area contributed by atoms with E-state index in [4.69, 9.17) is 0 Å². The lowest BCUT2D eigenvalue weighted by Crippen LogP contribution is -1.95. The molecule has 3 nitrogen and oxygen atoms in total. The lowest BCUT2D eigenvalue weighted by Gasteiger charge is -2.11. The van der Waals surface area contributed by atoms with E-state index in [9.17, 15) is 0 Å². The fourth-order valence-corrected chi connectivity index (χ4v) is 8.51. The lowest BCUT2D eigenvalue weighted by molar-refractivity contribution is 1.17. The molecular weight excluding hydrogens is 631 g/mol. The minimum absolute atomic E-state index is 1.16. The Morgan fingerprint density at radius 1 is 0.269 bits per heavy atom. The Morgan fingerprint density at radius 2 is 0.635 bits per heavy atom. The van der Waals surface area contributed by atoms with Crippen molar-refractivity contribution in [1.82, 2.24) is 13.7 Å². The number of aryl methyl sites for hydroxylation is 1. The summed E-state index contributed by atoms with van der Waals surface area (Å²) < 4.78 is 7.20. The number of fused-ring (bicyclic) bond motifs is 9. The Kier molecular flexibility index (Phi) is 6.17. The number of nitrogens with zero attached hydrogens (tertiary/aromatic N) is 3. The molecule has 0 N–H and O–H groups in total. The van der Waals surface area contributed by atoms with Crippen LogP contribution in [-0.4, -0.2) is 13.7 Å². The fourth-order valence-electron chi connectivity index (χ4n) is 8.51. The first-order valence-corrected chi connectivity index (χ1v) is 17.9. The number of benzene rings is 8. The molecule has 11 aromatic rings. The van der Waals surface area contributed by atoms with E-state index in [1.807, 2.05) is 0 Å². The van der Waals surface area contributed by atoms with Crippen LogP contribution in [0.2, 0.25) is 0 Å². The van der Waals surface area contributed by atoms with E-state index in [0.717, 1.165) is 5.69 Å². The van der Waals surface area contributed by atoms with Gasteiger partial charge in [0.1, 0.15) is 0 Å². The van der Waals surface area contributed by atoms with Gasteiger partial charge in [0.05, 0.1) is 33.1 Å². The average molecular weight is 664 g/mol. The second-order valence-corrected chi connectivity index (χ2v) is 13.9.